The van der Waals surface area contributed by atoms with Crippen molar-refractivity contribution < 1.29 is 19.2 Å². The molecular weight excluding hydrogens is 346 g/mol. The molecule has 0 spiro atoms. The highest BCUT2D eigenvalue weighted by molar-refractivity contribution is 7.22. The summed E-state index contributed by atoms with van der Waals surface area (Å²) in [5.74, 6) is 0.670. The molecule has 9 heteroatoms. The molecule has 0 fully saturated rings. The van der Waals surface area contributed by atoms with Crippen molar-refractivity contribution in [2.75, 3.05) is 18.5 Å². The number of nitrogens with one attached hydrogen (secondary N) is 1. The van der Waals surface area contributed by atoms with Crippen LogP contribution in [0.4, 0.5) is 10.8 Å². The van der Waals surface area contributed by atoms with Crippen LogP contribution in [-0.4, -0.2) is 29.0 Å². The molecule has 0 aliphatic carbocycles. The van der Waals surface area contributed by atoms with E-state index >= 15 is 0 Å². The van der Waals surface area contributed by atoms with Gasteiger partial charge >= 0.3 is 0 Å². The number of nitro benzene ring substituents is 1. The quantitative estimate of drug-likeness (QED) is 0.570. The molecule has 25 heavy (non-hydrogen) atoms. The van der Waals surface area contributed by atoms with Crippen molar-refractivity contribution >= 4 is 38.3 Å². The molecule has 1 aromatic heterocycles. The van der Waals surface area contributed by atoms with E-state index in [0.29, 0.717) is 35.4 Å². The largest absolute Gasteiger partial charge is 0.486 e. The summed E-state index contributed by atoms with van der Waals surface area (Å²) >= 11 is 1.26. The number of amides is 1. The van der Waals surface area contributed by atoms with Gasteiger partial charge in [0, 0.05) is 18.2 Å². The molecule has 3 aromatic rings. The van der Waals surface area contributed by atoms with Crippen LogP contribution >= 0.6 is 11.3 Å². The molecule has 0 saturated heterocycles. The van der Waals surface area contributed by atoms with E-state index in [4.69, 9.17) is 9.47 Å². The minimum atomic E-state index is -0.587. The van der Waals surface area contributed by atoms with Crippen LogP contribution in [0.5, 0.6) is 11.5 Å². The van der Waals surface area contributed by atoms with Crippen molar-refractivity contribution in [3.05, 3.63) is 52.1 Å². The number of rotatable bonds is 3. The Kier molecular flexibility index (Phi) is 3.69. The molecular formula is C16H11N3O5S. The van der Waals surface area contributed by atoms with Crippen LogP contribution in [-0.2, 0) is 0 Å². The Labute approximate surface area is 145 Å². The van der Waals surface area contributed by atoms with E-state index in [1.165, 1.54) is 29.5 Å². The van der Waals surface area contributed by atoms with Gasteiger partial charge in [-0.2, -0.15) is 0 Å². The normalized spacial score (nSPS) is 12.8. The minimum absolute atomic E-state index is 0.0160. The number of hydrogen-bond donors (Lipinski definition) is 1. The van der Waals surface area contributed by atoms with E-state index in [-0.39, 0.29) is 11.3 Å². The standard InChI is InChI=1S/C16H11N3O5S/c20-15(9-3-1-2-4-11(9)19(21)22)18-16-17-10-7-12-13(8-14(10)25-16)24-6-5-23-12/h1-4,7-8H,5-6H2,(H,17,18,20). The maximum absolute atomic E-state index is 12.4. The van der Waals surface area contributed by atoms with E-state index in [1.54, 1.807) is 12.1 Å². The summed E-state index contributed by atoms with van der Waals surface area (Å²) in [4.78, 5) is 27.2. The third-order valence-electron chi connectivity index (χ3n) is 3.62. The lowest BCUT2D eigenvalue weighted by atomic mass is 10.1. The predicted octanol–water partition coefficient (Wildman–Crippen LogP) is 3.23. The summed E-state index contributed by atoms with van der Waals surface area (Å²) < 4.78 is 11.9. The SMILES string of the molecule is O=C(Nc1nc2cc3c(cc2s1)OCCO3)c1ccccc1[N+](=O)[O-]. The Hall–Kier alpha value is -3.20. The third kappa shape index (κ3) is 2.85. The molecule has 1 aliphatic heterocycles. The number of benzene rings is 2. The molecule has 0 bridgehead atoms. The number of hydrogen-bond acceptors (Lipinski definition) is 7. The summed E-state index contributed by atoms with van der Waals surface area (Å²) in [6.07, 6.45) is 0. The Morgan fingerprint density at radius 3 is 2.68 bits per heavy atom. The number of nitro groups is 1. The second-order valence-corrected chi connectivity index (χ2v) is 6.24. The number of thiazole rings is 1. The average Bonchev–Trinajstić information content (AvgIpc) is 3.00. The van der Waals surface area contributed by atoms with Crippen molar-refractivity contribution in [1.82, 2.24) is 4.98 Å². The van der Waals surface area contributed by atoms with Crippen LogP contribution in [0, 0.1) is 10.1 Å². The van der Waals surface area contributed by atoms with Crippen molar-refractivity contribution in [2.24, 2.45) is 0 Å². The molecule has 4 rings (SSSR count). The monoisotopic (exact) mass is 357 g/mol. The first-order valence-electron chi connectivity index (χ1n) is 7.37. The molecule has 1 N–H and O–H groups in total. The Balaban J connectivity index is 1.65. The van der Waals surface area contributed by atoms with Crippen LogP contribution in [0.15, 0.2) is 36.4 Å². The maximum Gasteiger partial charge on any atom is 0.282 e. The van der Waals surface area contributed by atoms with E-state index in [0.717, 1.165) is 4.70 Å². The number of carbonyl (C=O) groups excluding carboxylic acids is 1. The Morgan fingerprint density at radius 1 is 1.20 bits per heavy atom. The van der Waals surface area contributed by atoms with Gasteiger partial charge in [0.05, 0.1) is 15.1 Å². The van der Waals surface area contributed by atoms with Crippen LogP contribution in [0.1, 0.15) is 10.4 Å². The smallest absolute Gasteiger partial charge is 0.282 e. The molecule has 8 nitrogen and oxygen atoms in total. The number of anilines is 1. The van der Waals surface area contributed by atoms with Gasteiger partial charge < -0.3 is 9.47 Å². The summed E-state index contributed by atoms with van der Waals surface area (Å²) in [7, 11) is 0. The summed E-state index contributed by atoms with van der Waals surface area (Å²) in [5.41, 5.74) is 0.392. The molecule has 1 aliphatic rings. The molecule has 0 radical (unpaired) electrons. The van der Waals surface area contributed by atoms with E-state index < -0.39 is 10.8 Å². The number of nitrogens with zero attached hydrogens (tertiary/aromatic N) is 2. The highest BCUT2D eigenvalue weighted by Crippen LogP contribution is 2.38. The van der Waals surface area contributed by atoms with Gasteiger partial charge in [-0.05, 0) is 6.07 Å². The predicted molar refractivity (Wildman–Crippen MR) is 91.7 cm³/mol. The van der Waals surface area contributed by atoms with E-state index in [9.17, 15) is 14.9 Å². The van der Waals surface area contributed by atoms with Crippen molar-refractivity contribution in [3.8, 4) is 11.5 Å². The van der Waals surface area contributed by atoms with Gasteiger partial charge in [-0.3, -0.25) is 20.2 Å². The average molecular weight is 357 g/mol. The van der Waals surface area contributed by atoms with E-state index in [1.807, 2.05) is 6.07 Å². The summed E-state index contributed by atoms with van der Waals surface area (Å²) in [6.45, 7) is 0.961. The second kappa shape index (κ2) is 6.02. The van der Waals surface area contributed by atoms with Gasteiger partial charge in [0.15, 0.2) is 16.6 Å². The van der Waals surface area contributed by atoms with Gasteiger partial charge in [-0.25, -0.2) is 4.98 Å². The van der Waals surface area contributed by atoms with Gasteiger partial charge in [0.1, 0.15) is 18.8 Å². The molecule has 2 heterocycles. The minimum Gasteiger partial charge on any atom is -0.486 e. The molecule has 0 saturated carbocycles. The Bertz CT molecular complexity index is 958. The molecule has 0 atom stereocenters. The fraction of sp³-hybridized carbons (Fsp3) is 0.125. The first-order chi connectivity index (χ1) is 12.1. The third-order valence-corrected chi connectivity index (χ3v) is 4.55. The summed E-state index contributed by atoms with van der Waals surface area (Å²) in [6, 6.07) is 9.33. The Morgan fingerprint density at radius 2 is 1.92 bits per heavy atom. The van der Waals surface area contributed by atoms with Crippen molar-refractivity contribution in [3.63, 3.8) is 0 Å². The fourth-order valence-corrected chi connectivity index (χ4v) is 3.38. The van der Waals surface area contributed by atoms with Gasteiger partial charge in [-0.1, -0.05) is 23.5 Å². The van der Waals surface area contributed by atoms with Crippen molar-refractivity contribution in [2.45, 2.75) is 0 Å². The summed E-state index contributed by atoms with van der Waals surface area (Å²) in [5, 5.41) is 14.0. The molecule has 0 unspecified atom stereocenters. The molecule has 1 amide bonds. The number of para-hydroxylation sites is 1. The number of aromatic nitrogens is 1. The molecule has 2 aromatic carbocycles. The number of fused-ring (bicyclic) bond motifs is 2. The zero-order valence-corrected chi connectivity index (χ0v) is 13.5. The first-order valence-corrected chi connectivity index (χ1v) is 8.18. The topological polar surface area (TPSA) is 104 Å². The fourth-order valence-electron chi connectivity index (χ4n) is 2.51. The zero-order valence-electron chi connectivity index (χ0n) is 12.7. The van der Waals surface area contributed by atoms with Gasteiger partial charge in [-0.15, -0.1) is 0 Å². The first kappa shape index (κ1) is 15.3. The van der Waals surface area contributed by atoms with Gasteiger partial charge in [0.25, 0.3) is 11.6 Å². The van der Waals surface area contributed by atoms with Crippen molar-refractivity contribution in [1.29, 1.82) is 0 Å². The maximum atomic E-state index is 12.4. The van der Waals surface area contributed by atoms with Gasteiger partial charge in [0.2, 0.25) is 0 Å². The molecule has 126 valence electrons. The van der Waals surface area contributed by atoms with Crippen LogP contribution in [0.3, 0.4) is 0 Å². The highest BCUT2D eigenvalue weighted by atomic mass is 32.1. The van der Waals surface area contributed by atoms with E-state index in [2.05, 4.69) is 10.3 Å². The lowest BCUT2D eigenvalue weighted by Crippen LogP contribution is -2.15. The number of carbonyl (C=O) groups is 1. The second-order valence-electron chi connectivity index (χ2n) is 5.21. The lowest BCUT2D eigenvalue weighted by molar-refractivity contribution is -0.385. The van der Waals surface area contributed by atoms with Crippen LogP contribution in [0.25, 0.3) is 10.2 Å². The lowest BCUT2D eigenvalue weighted by Gasteiger charge is -2.17. The van der Waals surface area contributed by atoms with Crippen LogP contribution < -0.4 is 14.8 Å². The zero-order chi connectivity index (χ0) is 17.4. The van der Waals surface area contributed by atoms with Crippen LogP contribution in [0.2, 0.25) is 0 Å². The highest BCUT2D eigenvalue weighted by Gasteiger charge is 2.21. The number of ether oxygens (including phenoxy) is 2.